The zero-order valence-corrected chi connectivity index (χ0v) is 11.9. The minimum Gasteiger partial charge on any atom is -0.360 e. The summed E-state index contributed by atoms with van der Waals surface area (Å²) in [5, 5.41) is 14.2. The van der Waals surface area contributed by atoms with E-state index in [1.165, 1.54) is 50.3 Å². The maximum Gasteiger partial charge on any atom is 0.205 e. The molecular formula is C13H22N4S. The van der Waals surface area contributed by atoms with Gasteiger partial charge < -0.3 is 10.2 Å². The first-order valence-corrected chi connectivity index (χ1v) is 7.96. The largest absolute Gasteiger partial charge is 0.360 e. The van der Waals surface area contributed by atoms with Crippen molar-refractivity contribution in [3.8, 4) is 0 Å². The van der Waals surface area contributed by atoms with Gasteiger partial charge in [0.05, 0.1) is 0 Å². The van der Waals surface area contributed by atoms with Crippen molar-refractivity contribution in [2.75, 3.05) is 31.5 Å². The Labute approximate surface area is 113 Å². The van der Waals surface area contributed by atoms with Crippen LogP contribution in [0.3, 0.4) is 0 Å². The molecule has 0 unspecified atom stereocenters. The summed E-state index contributed by atoms with van der Waals surface area (Å²) < 4.78 is 0. The molecule has 5 heteroatoms. The Bertz CT molecular complexity index is 388. The third-order valence-corrected chi connectivity index (χ3v) is 4.86. The van der Waals surface area contributed by atoms with Crippen molar-refractivity contribution in [3.05, 3.63) is 5.01 Å². The van der Waals surface area contributed by atoms with Gasteiger partial charge in [-0.25, -0.2) is 0 Å². The normalized spacial score (nSPS) is 24.6. The summed E-state index contributed by atoms with van der Waals surface area (Å²) in [6.45, 7) is 7.08. The molecule has 0 aromatic carbocycles. The highest BCUT2D eigenvalue weighted by Gasteiger charge is 2.28. The van der Waals surface area contributed by atoms with Crippen LogP contribution < -0.4 is 5.32 Å². The molecule has 2 heterocycles. The molecule has 2 fully saturated rings. The molecule has 1 saturated heterocycles. The maximum atomic E-state index is 4.26. The summed E-state index contributed by atoms with van der Waals surface area (Å²) in [6.07, 6.45) is 5.20. The Hall–Kier alpha value is -0.680. The smallest absolute Gasteiger partial charge is 0.205 e. The first kappa shape index (κ1) is 12.4. The van der Waals surface area contributed by atoms with Gasteiger partial charge in [-0.15, -0.1) is 10.2 Å². The topological polar surface area (TPSA) is 41.0 Å². The minimum absolute atomic E-state index is 0.726. The van der Waals surface area contributed by atoms with E-state index in [0.717, 1.165) is 23.5 Å². The predicted molar refractivity (Wildman–Crippen MR) is 75.2 cm³/mol. The quantitative estimate of drug-likeness (QED) is 0.859. The second kappa shape index (κ2) is 5.53. The van der Waals surface area contributed by atoms with Gasteiger partial charge in [-0.1, -0.05) is 18.3 Å². The molecule has 0 bridgehead atoms. The Kier molecular flexibility index (Phi) is 3.80. The van der Waals surface area contributed by atoms with Gasteiger partial charge in [0.1, 0.15) is 5.01 Å². The van der Waals surface area contributed by atoms with Crippen LogP contribution in [0.1, 0.15) is 43.5 Å². The number of likely N-dealkylation sites (tertiary alicyclic amines) is 1. The number of hydrogen-bond acceptors (Lipinski definition) is 5. The summed E-state index contributed by atoms with van der Waals surface area (Å²) in [5.74, 6) is 1.51. The molecular weight excluding hydrogens is 244 g/mol. The number of hydrogen-bond donors (Lipinski definition) is 1. The zero-order chi connectivity index (χ0) is 12.4. The average Bonchev–Trinajstić information content (AvgIpc) is 2.95. The molecule has 0 amide bonds. The van der Waals surface area contributed by atoms with E-state index in [1.807, 2.05) is 0 Å². The monoisotopic (exact) mass is 266 g/mol. The summed E-state index contributed by atoms with van der Waals surface area (Å²) in [6, 6.07) is 0. The molecule has 1 aromatic rings. The SMILES string of the molecule is CCCN1CC[C@H](CNc2nnc(C3CC3)s2)C1. The number of anilines is 1. The minimum atomic E-state index is 0.726. The third-order valence-electron chi connectivity index (χ3n) is 3.82. The van der Waals surface area contributed by atoms with E-state index in [2.05, 4.69) is 27.3 Å². The lowest BCUT2D eigenvalue weighted by Crippen LogP contribution is -2.23. The van der Waals surface area contributed by atoms with Crippen molar-refractivity contribution in [2.45, 2.75) is 38.5 Å². The van der Waals surface area contributed by atoms with Crippen LogP contribution in [0.2, 0.25) is 0 Å². The first-order chi connectivity index (χ1) is 8.85. The summed E-state index contributed by atoms with van der Waals surface area (Å²) in [5.41, 5.74) is 0. The lowest BCUT2D eigenvalue weighted by molar-refractivity contribution is 0.327. The van der Waals surface area contributed by atoms with E-state index in [4.69, 9.17) is 0 Å². The van der Waals surface area contributed by atoms with Crippen molar-refractivity contribution in [1.82, 2.24) is 15.1 Å². The zero-order valence-electron chi connectivity index (χ0n) is 11.1. The molecule has 100 valence electrons. The van der Waals surface area contributed by atoms with Gasteiger partial charge >= 0.3 is 0 Å². The average molecular weight is 266 g/mol. The van der Waals surface area contributed by atoms with Crippen molar-refractivity contribution in [1.29, 1.82) is 0 Å². The second-order valence-electron chi connectivity index (χ2n) is 5.56. The van der Waals surface area contributed by atoms with Gasteiger partial charge in [0.2, 0.25) is 5.13 Å². The summed E-state index contributed by atoms with van der Waals surface area (Å²) in [4.78, 5) is 2.57. The highest BCUT2D eigenvalue weighted by atomic mass is 32.1. The fourth-order valence-electron chi connectivity index (χ4n) is 2.63. The number of aromatic nitrogens is 2. The van der Waals surface area contributed by atoms with Crippen LogP contribution in [0.5, 0.6) is 0 Å². The van der Waals surface area contributed by atoms with Crippen LogP contribution in [0.25, 0.3) is 0 Å². The van der Waals surface area contributed by atoms with Crippen LogP contribution >= 0.6 is 11.3 Å². The highest BCUT2D eigenvalue weighted by Crippen LogP contribution is 2.42. The Morgan fingerprint density at radius 3 is 3.00 bits per heavy atom. The van der Waals surface area contributed by atoms with Crippen LogP contribution in [0.4, 0.5) is 5.13 Å². The molecule has 1 aromatic heterocycles. The molecule has 18 heavy (non-hydrogen) atoms. The number of nitrogens with zero attached hydrogens (tertiary/aromatic N) is 3. The van der Waals surface area contributed by atoms with Gasteiger partial charge in [-0.05, 0) is 44.7 Å². The van der Waals surface area contributed by atoms with Gasteiger partial charge in [0.25, 0.3) is 0 Å². The van der Waals surface area contributed by atoms with Crippen LogP contribution in [-0.2, 0) is 0 Å². The van der Waals surface area contributed by atoms with E-state index in [1.54, 1.807) is 11.3 Å². The molecule has 0 radical (unpaired) electrons. The molecule has 0 spiro atoms. The highest BCUT2D eigenvalue weighted by molar-refractivity contribution is 7.15. The first-order valence-electron chi connectivity index (χ1n) is 7.14. The van der Waals surface area contributed by atoms with Crippen LogP contribution in [0, 0.1) is 5.92 Å². The molecule has 2 aliphatic rings. The maximum absolute atomic E-state index is 4.26. The van der Waals surface area contributed by atoms with Crippen LogP contribution in [-0.4, -0.2) is 41.3 Å². The Morgan fingerprint density at radius 1 is 1.33 bits per heavy atom. The van der Waals surface area contributed by atoms with E-state index in [-0.39, 0.29) is 0 Å². The van der Waals surface area contributed by atoms with E-state index in [9.17, 15) is 0 Å². The molecule has 1 saturated carbocycles. The lowest BCUT2D eigenvalue weighted by atomic mass is 10.1. The van der Waals surface area contributed by atoms with E-state index in [0.29, 0.717) is 0 Å². The molecule has 1 N–H and O–H groups in total. The van der Waals surface area contributed by atoms with E-state index >= 15 is 0 Å². The lowest BCUT2D eigenvalue weighted by Gasteiger charge is -2.14. The molecule has 3 rings (SSSR count). The fraction of sp³-hybridized carbons (Fsp3) is 0.846. The molecule has 1 atom stereocenters. The number of nitrogens with one attached hydrogen (secondary N) is 1. The second-order valence-corrected chi connectivity index (χ2v) is 6.57. The van der Waals surface area contributed by atoms with Gasteiger partial charge in [-0.3, -0.25) is 0 Å². The van der Waals surface area contributed by atoms with Gasteiger partial charge in [-0.2, -0.15) is 0 Å². The standard InChI is InChI=1S/C13H22N4S/c1-2-6-17-7-5-10(9-17)8-14-13-16-15-12(18-13)11-3-4-11/h10-11H,2-9H2,1H3,(H,14,16)/t10-/m1/s1. The van der Waals surface area contributed by atoms with Crippen molar-refractivity contribution < 1.29 is 0 Å². The van der Waals surface area contributed by atoms with Crippen molar-refractivity contribution >= 4 is 16.5 Å². The molecule has 1 aliphatic carbocycles. The van der Waals surface area contributed by atoms with Crippen molar-refractivity contribution in [3.63, 3.8) is 0 Å². The third kappa shape index (κ3) is 3.01. The number of rotatable bonds is 6. The fourth-order valence-corrected chi connectivity index (χ4v) is 3.55. The van der Waals surface area contributed by atoms with Crippen molar-refractivity contribution in [2.24, 2.45) is 5.92 Å². The predicted octanol–water partition coefficient (Wildman–Crippen LogP) is 2.56. The molecule has 1 aliphatic heterocycles. The Balaban J connectivity index is 1.43. The van der Waals surface area contributed by atoms with E-state index < -0.39 is 0 Å². The summed E-state index contributed by atoms with van der Waals surface area (Å²) in [7, 11) is 0. The summed E-state index contributed by atoms with van der Waals surface area (Å²) >= 11 is 1.75. The van der Waals surface area contributed by atoms with Gasteiger partial charge in [0.15, 0.2) is 0 Å². The van der Waals surface area contributed by atoms with Crippen LogP contribution in [0.15, 0.2) is 0 Å². The Morgan fingerprint density at radius 2 is 2.22 bits per heavy atom. The van der Waals surface area contributed by atoms with Gasteiger partial charge in [0, 0.05) is 19.0 Å². The molecule has 4 nitrogen and oxygen atoms in total.